The zero-order valence-corrected chi connectivity index (χ0v) is 18.9. The number of hydrogen-bond acceptors (Lipinski definition) is 6. The third kappa shape index (κ3) is 5.98. The molecule has 0 fully saturated rings. The first-order valence-electron chi connectivity index (χ1n) is 10.6. The van der Waals surface area contributed by atoms with E-state index < -0.39 is 18.5 Å². The van der Waals surface area contributed by atoms with Crippen LogP contribution in [0.5, 0.6) is 5.75 Å². The first-order chi connectivity index (χ1) is 15.9. The molecule has 0 unspecified atom stereocenters. The van der Waals surface area contributed by atoms with Crippen LogP contribution in [0.1, 0.15) is 35.1 Å². The second kappa shape index (κ2) is 11.0. The molecule has 0 radical (unpaired) electrons. The third-order valence-corrected chi connectivity index (χ3v) is 4.89. The van der Waals surface area contributed by atoms with Crippen molar-refractivity contribution in [2.45, 2.75) is 27.2 Å². The van der Waals surface area contributed by atoms with Gasteiger partial charge in [-0.1, -0.05) is 0 Å². The maximum Gasteiger partial charge on any atom is 0.338 e. The number of aryl methyl sites for hydroxylation is 2. The van der Waals surface area contributed by atoms with Gasteiger partial charge in [-0.2, -0.15) is 10.4 Å². The summed E-state index contributed by atoms with van der Waals surface area (Å²) < 4.78 is 12.5. The van der Waals surface area contributed by atoms with Gasteiger partial charge in [-0.05, 0) is 75.4 Å². The molecule has 2 aromatic carbocycles. The normalized spacial score (nSPS) is 10.4. The van der Waals surface area contributed by atoms with E-state index in [1.54, 1.807) is 53.2 Å². The van der Waals surface area contributed by atoms with Gasteiger partial charge in [-0.3, -0.25) is 4.79 Å². The Kier molecular flexibility index (Phi) is 7.82. The van der Waals surface area contributed by atoms with Crippen LogP contribution < -0.4 is 9.64 Å². The van der Waals surface area contributed by atoms with Gasteiger partial charge < -0.3 is 14.4 Å². The predicted molar refractivity (Wildman–Crippen MR) is 124 cm³/mol. The zero-order valence-electron chi connectivity index (χ0n) is 18.9. The molecular formula is C25H26N4O4. The summed E-state index contributed by atoms with van der Waals surface area (Å²) in [5.41, 5.74) is 3.65. The number of ether oxygens (including phenoxy) is 2. The number of carbonyl (C=O) groups is 2. The lowest BCUT2D eigenvalue weighted by molar-refractivity contribution is -0.121. The molecule has 0 aliphatic rings. The molecule has 170 valence electrons. The Morgan fingerprint density at radius 3 is 2.36 bits per heavy atom. The van der Waals surface area contributed by atoms with E-state index in [-0.39, 0.29) is 13.0 Å². The molecule has 0 bridgehead atoms. The molecule has 0 N–H and O–H groups in total. The van der Waals surface area contributed by atoms with Gasteiger partial charge >= 0.3 is 5.97 Å². The number of aromatic nitrogens is 2. The molecule has 0 aliphatic heterocycles. The van der Waals surface area contributed by atoms with Gasteiger partial charge in [0.15, 0.2) is 6.61 Å². The van der Waals surface area contributed by atoms with E-state index in [9.17, 15) is 9.59 Å². The summed E-state index contributed by atoms with van der Waals surface area (Å²) in [6, 6.07) is 17.8. The first-order valence-corrected chi connectivity index (χ1v) is 10.6. The Morgan fingerprint density at radius 1 is 1.09 bits per heavy atom. The molecule has 0 saturated carbocycles. The van der Waals surface area contributed by atoms with Gasteiger partial charge in [0.1, 0.15) is 5.75 Å². The Labute approximate surface area is 193 Å². The van der Waals surface area contributed by atoms with Crippen molar-refractivity contribution in [3.63, 3.8) is 0 Å². The molecular weight excluding hydrogens is 420 g/mol. The van der Waals surface area contributed by atoms with Crippen LogP contribution in [0.2, 0.25) is 0 Å². The van der Waals surface area contributed by atoms with Crippen LogP contribution >= 0.6 is 0 Å². The maximum absolute atomic E-state index is 12.8. The number of amides is 1. The fraction of sp³-hybridized carbons (Fsp3) is 0.280. The molecule has 8 heteroatoms. The van der Waals surface area contributed by atoms with Gasteiger partial charge in [-0.25, -0.2) is 9.48 Å². The summed E-state index contributed by atoms with van der Waals surface area (Å²) >= 11 is 0. The van der Waals surface area contributed by atoms with Crippen LogP contribution in [0.3, 0.4) is 0 Å². The number of carbonyl (C=O) groups excluding carboxylic acids is 2. The van der Waals surface area contributed by atoms with E-state index in [2.05, 4.69) is 5.10 Å². The molecule has 1 aromatic heterocycles. The molecule has 0 atom stereocenters. The molecule has 0 spiro atoms. The fourth-order valence-electron chi connectivity index (χ4n) is 3.37. The lowest BCUT2D eigenvalue weighted by Gasteiger charge is -2.22. The Hall–Kier alpha value is -4.12. The van der Waals surface area contributed by atoms with Crippen LogP contribution in [0.15, 0.2) is 54.6 Å². The highest BCUT2D eigenvalue weighted by Crippen LogP contribution is 2.20. The topological polar surface area (TPSA) is 97.5 Å². The second-order valence-electron chi connectivity index (χ2n) is 7.34. The Morgan fingerprint density at radius 2 is 1.79 bits per heavy atom. The first kappa shape index (κ1) is 23.5. The lowest BCUT2D eigenvalue weighted by Crippen LogP contribution is -2.35. The van der Waals surface area contributed by atoms with Crippen molar-refractivity contribution in [2.24, 2.45) is 0 Å². The van der Waals surface area contributed by atoms with Gasteiger partial charge in [0, 0.05) is 17.9 Å². The molecule has 1 heterocycles. The number of esters is 1. The van der Waals surface area contributed by atoms with E-state index in [1.165, 1.54) is 4.90 Å². The van der Waals surface area contributed by atoms with Gasteiger partial charge in [0.25, 0.3) is 5.91 Å². The average Bonchev–Trinajstić information content (AvgIpc) is 3.16. The van der Waals surface area contributed by atoms with Crippen molar-refractivity contribution < 1.29 is 19.1 Å². The van der Waals surface area contributed by atoms with Gasteiger partial charge in [0.05, 0.1) is 36.0 Å². The highest BCUT2D eigenvalue weighted by atomic mass is 16.5. The summed E-state index contributed by atoms with van der Waals surface area (Å²) in [5.74, 6) is -0.332. The number of nitriles is 1. The molecule has 3 aromatic rings. The number of hydrogen-bond donors (Lipinski definition) is 0. The van der Waals surface area contributed by atoms with Crippen molar-refractivity contribution in [3.05, 3.63) is 71.5 Å². The van der Waals surface area contributed by atoms with Gasteiger partial charge in [0.2, 0.25) is 0 Å². The Bertz CT molecular complexity index is 1140. The number of benzene rings is 2. The van der Waals surface area contributed by atoms with Crippen LogP contribution in [0.4, 0.5) is 5.69 Å². The van der Waals surface area contributed by atoms with Crippen LogP contribution in [-0.4, -0.2) is 41.4 Å². The van der Waals surface area contributed by atoms with Crippen LogP contribution in [-0.2, 0) is 9.53 Å². The molecule has 8 nitrogen and oxygen atoms in total. The molecule has 0 saturated heterocycles. The molecule has 1 amide bonds. The van der Waals surface area contributed by atoms with Crippen molar-refractivity contribution in [2.75, 3.05) is 24.7 Å². The maximum atomic E-state index is 12.8. The van der Waals surface area contributed by atoms with E-state index in [1.807, 2.05) is 32.9 Å². The monoisotopic (exact) mass is 446 g/mol. The predicted octanol–water partition coefficient (Wildman–Crippen LogP) is 3.99. The van der Waals surface area contributed by atoms with Crippen LogP contribution in [0.25, 0.3) is 5.69 Å². The van der Waals surface area contributed by atoms with Crippen molar-refractivity contribution in [1.29, 1.82) is 5.26 Å². The molecule has 0 aliphatic carbocycles. The van der Waals surface area contributed by atoms with E-state index in [4.69, 9.17) is 14.7 Å². The van der Waals surface area contributed by atoms with Crippen molar-refractivity contribution in [3.8, 4) is 17.5 Å². The third-order valence-electron chi connectivity index (χ3n) is 4.89. The summed E-state index contributed by atoms with van der Waals surface area (Å²) in [4.78, 5) is 26.7. The van der Waals surface area contributed by atoms with Crippen molar-refractivity contribution >= 4 is 17.6 Å². The number of rotatable bonds is 9. The summed E-state index contributed by atoms with van der Waals surface area (Å²) in [7, 11) is 0. The number of nitrogens with zero attached hydrogens (tertiary/aromatic N) is 4. The standard InChI is InChI=1S/C25H26N4O4/c1-4-32-23-12-10-21(11-13-23)28(15-5-14-26)24(30)17-33-25(31)20-6-8-22(9-7-20)29-19(3)16-18(2)27-29/h6-13,16H,4-5,15,17H2,1-3H3. The van der Waals surface area contributed by atoms with Crippen LogP contribution in [0, 0.1) is 25.2 Å². The minimum atomic E-state index is -0.602. The second-order valence-corrected chi connectivity index (χ2v) is 7.34. The summed E-state index contributed by atoms with van der Waals surface area (Å²) in [6.07, 6.45) is 0.153. The summed E-state index contributed by atoms with van der Waals surface area (Å²) in [5, 5.41) is 13.4. The molecule has 33 heavy (non-hydrogen) atoms. The minimum absolute atomic E-state index is 0.153. The smallest absolute Gasteiger partial charge is 0.338 e. The highest BCUT2D eigenvalue weighted by molar-refractivity contribution is 5.97. The van der Waals surface area contributed by atoms with E-state index in [0.29, 0.717) is 23.6 Å². The van der Waals surface area contributed by atoms with Crippen molar-refractivity contribution in [1.82, 2.24) is 9.78 Å². The fourth-order valence-corrected chi connectivity index (χ4v) is 3.37. The average molecular weight is 447 g/mol. The van der Waals surface area contributed by atoms with Gasteiger partial charge in [-0.15, -0.1) is 0 Å². The zero-order chi connectivity index (χ0) is 23.8. The molecule has 3 rings (SSSR count). The van der Waals surface area contributed by atoms with E-state index >= 15 is 0 Å². The Balaban J connectivity index is 1.64. The quantitative estimate of drug-likeness (QED) is 0.461. The SMILES string of the molecule is CCOc1ccc(N(CCC#N)C(=O)COC(=O)c2ccc(-n3nc(C)cc3C)cc2)cc1. The highest BCUT2D eigenvalue weighted by Gasteiger charge is 2.18. The minimum Gasteiger partial charge on any atom is -0.494 e. The summed E-state index contributed by atoms with van der Waals surface area (Å²) in [6.45, 7) is 6.05. The number of anilines is 1. The largest absolute Gasteiger partial charge is 0.494 e. The lowest BCUT2D eigenvalue weighted by atomic mass is 10.2. The van der Waals surface area contributed by atoms with E-state index in [0.717, 1.165) is 17.1 Å².